The number of carbonyl (C=O) groups is 2. The zero-order chi connectivity index (χ0) is 20.4. The molecule has 0 unspecified atom stereocenters. The Kier molecular flexibility index (Phi) is 6.61. The van der Waals surface area contributed by atoms with E-state index in [1.807, 2.05) is 0 Å². The highest BCUT2D eigenvalue weighted by molar-refractivity contribution is 7.89. The molecule has 1 aromatic rings. The SMILES string of the molecule is O=C(CNC(=O)c1cc(S(=O)(=O)NC2CC2)c(Cl)cc1Cl)NCC(F)(F)F. The van der Waals surface area contributed by atoms with Crippen molar-refractivity contribution < 1.29 is 31.2 Å². The molecule has 150 valence electrons. The van der Waals surface area contributed by atoms with E-state index in [2.05, 4.69) is 10.0 Å². The first-order chi connectivity index (χ1) is 12.4. The van der Waals surface area contributed by atoms with Crippen LogP contribution in [0.5, 0.6) is 0 Å². The van der Waals surface area contributed by atoms with Gasteiger partial charge in [0.05, 0.1) is 22.2 Å². The fourth-order valence-corrected chi connectivity index (χ4v) is 4.07. The van der Waals surface area contributed by atoms with Gasteiger partial charge in [-0.1, -0.05) is 23.2 Å². The van der Waals surface area contributed by atoms with E-state index in [0.717, 1.165) is 12.1 Å². The van der Waals surface area contributed by atoms with Gasteiger partial charge in [0.25, 0.3) is 5.91 Å². The highest BCUT2D eigenvalue weighted by Crippen LogP contribution is 2.30. The number of halogens is 5. The lowest BCUT2D eigenvalue weighted by atomic mass is 10.2. The van der Waals surface area contributed by atoms with E-state index >= 15 is 0 Å². The van der Waals surface area contributed by atoms with Gasteiger partial charge in [0, 0.05) is 6.04 Å². The van der Waals surface area contributed by atoms with E-state index in [9.17, 15) is 31.2 Å². The summed E-state index contributed by atoms with van der Waals surface area (Å²) in [6.45, 7) is -2.30. The summed E-state index contributed by atoms with van der Waals surface area (Å²) in [7, 11) is -3.98. The van der Waals surface area contributed by atoms with Crippen molar-refractivity contribution in [3.05, 3.63) is 27.7 Å². The first-order valence-corrected chi connectivity index (χ1v) is 9.76. The molecular formula is C14H14Cl2F3N3O4S. The zero-order valence-electron chi connectivity index (χ0n) is 13.5. The summed E-state index contributed by atoms with van der Waals surface area (Å²) in [5.74, 6) is -2.02. The summed E-state index contributed by atoms with van der Waals surface area (Å²) >= 11 is 11.8. The van der Waals surface area contributed by atoms with Crippen molar-refractivity contribution in [3.8, 4) is 0 Å². The number of hydrogen-bond acceptors (Lipinski definition) is 4. The first kappa shape index (κ1) is 21.7. The van der Waals surface area contributed by atoms with Crippen molar-refractivity contribution in [1.82, 2.24) is 15.4 Å². The van der Waals surface area contributed by atoms with Crippen LogP contribution in [0.15, 0.2) is 17.0 Å². The Labute approximate surface area is 162 Å². The number of nitrogens with one attached hydrogen (secondary N) is 3. The van der Waals surface area contributed by atoms with E-state index in [1.165, 1.54) is 0 Å². The van der Waals surface area contributed by atoms with Crippen LogP contribution in [-0.4, -0.2) is 45.5 Å². The summed E-state index contributed by atoms with van der Waals surface area (Å²) in [5.41, 5.74) is -0.291. The van der Waals surface area contributed by atoms with Gasteiger partial charge in [-0.25, -0.2) is 13.1 Å². The highest BCUT2D eigenvalue weighted by atomic mass is 35.5. The maximum Gasteiger partial charge on any atom is 0.405 e. The third-order valence-corrected chi connectivity index (χ3v) is 5.65. The normalized spacial score (nSPS) is 14.7. The predicted molar refractivity (Wildman–Crippen MR) is 91.2 cm³/mol. The van der Waals surface area contributed by atoms with E-state index in [1.54, 1.807) is 5.32 Å². The second-order valence-electron chi connectivity index (χ2n) is 5.73. The minimum Gasteiger partial charge on any atom is -0.345 e. The molecule has 1 aromatic carbocycles. The van der Waals surface area contributed by atoms with Gasteiger partial charge in [-0.05, 0) is 25.0 Å². The van der Waals surface area contributed by atoms with Crippen LogP contribution in [-0.2, 0) is 14.8 Å². The molecule has 1 saturated carbocycles. The summed E-state index contributed by atoms with van der Waals surface area (Å²) in [4.78, 5) is 23.1. The van der Waals surface area contributed by atoms with Gasteiger partial charge in [0.1, 0.15) is 11.4 Å². The van der Waals surface area contributed by atoms with Gasteiger partial charge in [-0.15, -0.1) is 0 Å². The lowest BCUT2D eigenvalue weighted by Gasteiger charge is -2.12. The van der Waals surface area contributed by atoms with Crippen molar-refractivity contribution in [2.75, 3.05) is 13.1 Å². The van der Waals surface area contributed by atoms with Crippen LogP contribution in [0.25, 0.3) is 0 Å². The predicted octanol–water partition coefficient (Wildman–Crippen LogP) is 1.84. The fourth-order valence-electron chi connectivity index (χ4n) is 1.91. The molecule has 2 rings (SSSR count). The summed E-state index contributed by atoms with van der Waals surface area (Å²) in [6.07, 6.45) is -3.22. The Morgan fingerprint density at radius 3 is 2.30 bits per heavy atom. The van der Waals surface area contributed by atoms with E-state index < -0.39 is 41.1 Å². The Hall–Kier alpha value is -1.56. The molecule has 13 heteroatoms. The maximum atomic E-state index is 12.3. The molecule has 1 aliphatic carbocycles. The average molecular weight is 448 g/mol. The van der Waals surface area contributed by atoms with Crippen LogP contribution in [0.4, 0.5) is 13.2 Å². The average Bonchev–Trinajstić information content (AvgIpc) is 3.32. The van der Waals surface area contributed by atoms with Gasteiger partial charge in [0.2, 0.25) is 15.9 Å². The lowest BCUT2D eigenvalue weighted by Crippen LogP contribution is -2.41. The van der Waals surface area contributed by atoms with Gasteiger partial charge in [-0.3, -0.25) is 9.59 Å². The van der Waals surface area contributed by atoms with Crippen molar-refractivity contribution in [3.63, 3.8) is 0 Å². The molecule has 0 radical (unpaired) electrons. The number of benzene rings is 1. The lowest BCUT2D eigenvalue weighted by molar-refractivity contribution is -0.137. The molecule has 27 heavy (non-hydrogen) atoms. The first-order valence-electron chi connectivity index (χ1n) is 7.52. The van der Waals surface area contributed by atoms with Gasteiger partial charge in [-0.2, -0.15) is 13.2 Å². The van der Waals surface area contributed by atoms with Gasteiger partial charge < -0.3 is 10.6 Å². The van der Waals surface area contributed by atoms with Crippen LogP contribution < -0.4 is 15.4 Å². The molecule has 0 atom stereocenters. The quantitative estimate of drug-likeness (QED) is 0.592. The number of hydrogen-bond donors (Lipinski definition) is 3. The third kappa shape index (κ3) is 6.52. The summed E-state index contributed by atoms with van der Waals surface area (Å²) in [5, 5.41) is 3.26. The number of carbonyl (C=O) groups excluding carboxylic acids is 2. The van der Waals surface area contributed by atoms with Gasteiger partial charge >= 0.3 is 6.18 Å². The van der Waals surface area contributed by atoms with Crippen molar-refractivity contribution >= 4 is 45.0 Å². The van der Waals surface area contributed by atoms with Crippen molar-refractivity contribution in [2.45, 2.75) is 30.0 Å². The van der Waals surface area contributed by atoms with E-state index in [-0.39, 0.29) is 26.5 Å². The molecule has 2 amide bonds. The Morgan fingerprint density at radius 2 is 1.74 bits per heavy atom. The number of sulfonamides is 1. The zero-order valence-corrected chi connectivity index (χ0v) is 15.8. The van der Waals surface area contributed by atoms with Gasteiger partial charge in [0.15, 0.2) is 0 Å². The van der Waals surface area contributed by atoms with Crippen molar-refractivity contribution in [1.29, 1.82) is 0 Å². The highest BCUT2D eigenvalue weighted by Gasteiger charge is 2.31. The monoisotopic (exact) mass is 447 g/mol. The van der Waals surface area contributed by atoms with E-state index in [0.29, 0.717) is 12.8 Å². The standard InChI is InChI=1S/C14H14Cl2F3N3O4S/c15-9-4-10(16)11(27(25,26)22-7-1-2-7)3-8(9)13(24)20-5-12(23)21-6-14(17,18)19/h3-4,7,22H,1-2,5-6H2,(H,20,24)(H,21,23). The molecular weight excluding hydrogens is 434 g/mol. The molecule has 0 aromatic heterocycles. The second-order valence-corrected chi connectivity index (χ2v) is 8.23. The minimum atomic E-state index is -4.59. The molecule has 0 aliphatic heterocycles. The largest absolute Gasteiger partial charge is 0.405 e. The van der Waals surface area contributed by atoms with Crippen molar-refractivity contribution in [2.24, 2.45) is 0 Å². The minimum absolute atomic E-state index is 0.182. The smallest absolute Gasteiger partial charge is 0.345 e. The molecule has 7 nitrogen and oxygen atoms in total. The van der Waals surface area contributed by atoms with Crippen LogP contribution in [0.3, 0.4) is 0 Å². The Morgan fingerprint density at radius 1 is 1.11 bits per heavy atom. The third-order valence-electron chi connectivity index (χ3n) is 3.35. The molecule has 0 bridgehead atoms. The molecule has 1 fully saturated rings. The molecule has 1 aliphatic rings. The molecule has 0 heterocycles. The summed E-state index contributed by atoms with van der Waals surface area (Å²) < 4.78 is 63.1. The molecule has 3 N–H and O–H groups in total. The number of alkyl halides is 3. The Bertz CT molecular complexity index is 858. The second kappa shape index (κ2) is 8.21. The number of amides is 2. The van der Waals surface area contributed by atoms with E-state index in [4.69, 9.17) is 23.2 Å². The van der Waals surface area contributed by atoms with Crippen LogP contribution >= 0.6 is 23.2 Å². The summed E-state index contributed by atoms with van der Waals surface area (Å²) in [6, 6.07) is 1.80. The number of rotatable bonds is 7. The Balaban J connectivity index is 2.09. The fraction of sp³-hybridized carbons (Fsp3) is 0.429. The van der Waals surface area contributed by atoms with Crippen LogP contribution in [0.1, 0.15) is 23.2 Å². The van der Waals surface area contributed by atoms with Crippen LogP contribution in [0, 0.1) is 0 Å². The van der Waals surface area contributed by atoms with Crippen LogP contribution in [0.2, 0.25) is 10.0 Å². The maximum absolute atomic E-state index is 12.3. The molecule has 0 spiro atoms. The topological polar surface area (TPSA) is 104 Å². The molecule has 0 saturated heterocycles.